The number of aliphatic hydroxyl groups excluding tert-OH is 4. The van der Waals surface area contributed by atoms with E-state index < -0.39 is 41.9 Å². The molecule has 0 aromatic carbocycles. The third-order valence-corrected chi connectivity index (χ3v) is 2.58. The predicted molar refractivity (Wildman–Crippen MR) is 52.9 cm³/mol. The van der Waals surface area contributed by atoms with Gasteiger partial charge >= 0.3 is 0 Å². The Bertz CT molecular complexity index is 349. The van der Waals surface area contributed by atoms with Crippen LogP contribution < -0.4 is 16.9 Å². The molecule has 1 heterocycles. The molecule has 1 saturated heterocycles. The van der Waals surface area contributed by atoms with E-state index in [9.17, 15) is 30.3 Å². The van der Waals surface area contributed by atoms with Crippen LogP contribution in [0.1, 0.15) is 0 Å². The number of nitrogens with one attached hydrogen (secondary N) is 1. The summed E-state index contributed by atoms with van der Waals surface area (Å²) < 4.78 is 0. The molecule has 5 atom stereocenters. The van der Waals surface area contributed by atoms with Gasteiger partial charge in [0, 0.05) is 0 Å². The van der Waals surface area contributed by atoms with Gasteiger partial charge in [-0.2, -0.15) is 5.10 Å². The second-order valence-electron chi connectivity index (χ2n) is 3.63. The van der Waals surface area contributed by atoms with Crippen LogP contribution in [-0.4, -0.2) is 67.4 Å². The number of amidine groups is 1. The second kappa shape index (κ2) is 4.43. The molecule has 10 N–H and O–H groups in total. The van der Waals surface area contributed by atoms with Crippen molar-refractivity contribution in [3.63, 3.8) is 0 Å². The molecule has 0 aromatic heterocycles. The van der Waals surface area contributed by atoms with Gasteiger partial charge in [-0.05, 0) is 0 Å². The van der Waals surface area contributed by atoms with Crippen molar-refractivity contribution in [2.24, 2.45) is 16.7 Å². The van der Waals surface area contributed by atoms with E-state index in [1.807, 2.05) is 0 Å². The minimum absolute atomic E-state index is 0.872. The molecule has 1 amide bonds. The fourth-order valence-electron chi connectivity index (χ4n) is 1.45. The quantitative estimate of drug-likeness (QED) is 0.0975. The van der Waals surface area contributed by atoms with Crippen molar-refractivity contribution in [1.29, 1.82) is 0 Å². The first-order valence-corrected chi connectivity index (χ1v) is 4.56. The van der Waals surface area contributed by atoms with E-state index in [1.165, 1.54) is 0 Å². The number of rotatable bonds is 1. The molecule has 0 radical (unpaired) electrons. The normalized spacial score (nSPS) is 44.1. The minimum Gasteiger partial charge on any atom is -0.387 e. The Balaban J connectivity index is 3.25. The summed E-state index contributed by atoms with van der Waals surface area (Å²) in [7, 11) is 0. The van der Waals surface area contributed by atoms with E-state index in [-0.39, 0.29) is 0 Å². The molecule has 0 aliphatic carbocycles. The van der Waals surface area contributed by atoms with Gasteiger partial charge in [-0.25, -0.2) is 0 Å². The highest BCUT2D eigenvalue weighted by molar-refractivity contribution is 6.11. The molecule has 1 aliphatic heterocycles. The summed E-state index contributed by atoms with van der Waals surface area (Å²) in [6, 6.07) is 0. The van der Waals surface area contributed by atoms with Crippen molar-refractivity contribution >= 4 is 11.7 Å². The molecule has 1 rings (SSSR count). The van der Waals surface area contributed by atoms with Gasteiger partial charge in [-0.15, -0.1) is 0 Å². The van der Waals surface area contributed by atoms with Crippen LogP contribution in [0.15, 0.2) is 5.10 Å². The number of hydrogen-bond acceptors (Lipinski definition) is 8. The lowest BCUT2D eigenvalue weighted by Crippen LogP contribution is -2.64. The van der Waals surface area contributed by atoms with Crippen LogP contribution in [-0.2, 0) is 4.79 Å². The van der Waals surface area contributed by atoms with Crippen LogP contribution >= 0.6 is 0 Å². The van der Waals surface area contributed by atoms with Crippen LogP contribution in [0.25, 0.3) is 0 Å². The highest BCUT2D eigenvalue weighted by atomic mass is 16.4. The Morgan fingerprint density at radius 3 is 2.29 bits per heavy atom. The third-order valence-electron chi connectivity index (χ3n) is 2.58. The number of hydrazone groups is 1. The minimum atomic E-state index is -2.84. The van der Waals surface area contributed by atoms with Gasteiger partial charge in [0.2, 0.25) is 5.60 Å². The van der Waals surface area contributed by atoms with Gasteiger partial charge < -0.3 is 42.4 Å². The number of hydrogen-bond donors (Lipinski definition) is 8. The van der Waals surface area contributed by atoms with Crippen LogP contribution in [0.5, 0.6) is 0 Å². The largest absolute Gasteiger partial charge is 0.387 e. The smallest absolute Gasteiger partial charge is 0.264 e. The topological polar surface area (TPSA) is 195 Å². The van der Waals surface area contributed by atoms with E-state index >= 15 is 0 Å². The van der Waals surface area contributed by atoms with E-state index in [2.05, 4.69) is 5.10 Å². The fourth-order valence-corrected chi connectivity index (χ4v) is 1.45. The maximum Gasteiger partial charge on any atom is 0.264 e. The first kappa shape index (κ1) is 13.6. The Morgan fingerprint density at radius 1 is 1.29 bits per heavy atom. The summed E-state index contributed by atoms with van der Waals surface area (Å²) in [5, 5.41) is 52.0. The molecule has 98 valence electrons. The molecule has 10 heteroatoms. The Labute approximate surface area is 95.2 Å². The highest BCUT2D eigenvalue weighted by Gasteiger charge is 2.56. The van der Waals surface area contributed by atoms with Crippen molar-refractivity contribution in [2.75, 3.05) is 0 Å². The monoisotopic (exact) mass is 250 g/mol. The number of nitrogens with two attached hydrogens (primary N) is 2. The van der Waals surface area contributed by atoms with Crippen LogP contribution in [0.2, 0.25) is 0 Å². The van der Waals surface area contributed by atoms with Gasteiger partial charge in [-0.1, -0.05) is 0 Å². The Hall–Kier alpha value is -1.46. The molecule has 0 aromatic rings. The van der Waals surface area contributed by atoms with Gasteiger partial charge in [0.1, 0.15) is 18.3 Å². The number of amides is 1. The third kappa shape index (κ3) is 1.92. The number of nitrogens with zero attached hydrogens (tertiary/aromatic N) is 1. The Kier molecular flexibility index (Phi) is 3.54. The van der Waals surface area contributed by atoms with Gasteiger partial charge in [0.05, 0.1) is 0 Å². The number of aliphatic hydroxyl groups is 5. The molecule has 1 fully saturated rings. The van der Waals surface area contributed by atoms with Crippen molar-refractivity contribution in [2.45, 2.75) is 30.1 Å². The van der Waals surface area contributed by atoms with E-state index in [4.69, 9.17) is 11.6 Å². The first-order chi connectivity index (χ1) is 7.76. The lowest BCUT2D eigenvalue weighted by molar-refractivity contribution is -0.150. The van der Waals surface area contributed by atoms with Crippen LogP contribution in [0.4, 0.5) is 0 Å². The zero-order valence-electron chi connectivity index (χ0n) is 8.56. The molecule has 0 bridgehead atoms. The molecular formula is C7H14N4O6. The maximum atomic E-state index is 11.5. The first-order valence-electron chi connectivity index (χ1n) is 4.56. The lowest BCUT2D eigenvalue weighted by Gasteiger charge is -2.30. The van der Waals surface area contributed by atoms with Crippen molar-refractivity contribution < 1.29 is 30.3 Å². The molecule has 17 heavy (non-hydrogen) atoms. The van der Waals surface area contributed by atoms with Crippen LogP contribution in [0.3, 0.4) is 0 Å². The van der Waals surface area contributed by atoms with E-state index in [0.717, 1.165) is 0 Å². The van der Waals surface area contributed by atoms with Gasteiger partial charge in [0.15, 0.2) is 12.1 Å². The summed E-state index contributed by atoms with van der Waals surface area (Å²) in [5.41, 5.74) is 2.32. The number of carbonyl (C=O) groups is 1. The highest BCUT2D eigenvalue weighted by Crippen LogP contribution is 2.21. The molecule has 1 aliphatic rings. The standard InChI is InChI=1S/C7H14N4O6/c8-5(11-9)7(17)3(14)1(12)2(13)4(15)10-6(7)16/h1-4,12-15,17H,9H2,(H2,8,11)(H,10,16)/t1-,2+,3+,4?,7-/m1/s1. The van der Waals surface area contributed by atoms with Gasteiger partial charge in [-0.3, -0.25) is 4.79 Å². The molecule has 1 unspecified atom stereocenters. The van der Waals surface area contributed by atoms with Gasteiger partial charge in [0.25, 0.3) is 5.91 Å². The van der Waals surface area contributed by atoms with Crippen molar-refractivity contribution in [3.05, 3.63) is 0 Å². The summed E-state index contributed by atoms with van der Waals surface area (Å²) in [4.78, 5) is 11.5. The summed E-state index contributed by atoms with van der Waals surface area (Å²) in [6.45, 7) is 0. The summed E-state index contributed by atoms with van der Waals surface area (Å²) in [5.74, 6) is 2.56. The summed E-state index contributed by atoms with van der Waals surface area (Å²) in [6.07, 6.45) is -8.03. The lowest BCUT2D eigenvalue weighted by atomic mass is 9.90. The molecule has 0 saturated carbocycles. The zero-order valence-corrected chi connectivity index (χ0v) is 8.56. The summed E-state index contributed by atoms with van der Waals surface area (Å²) >= 11 is 0. The fraction of sp³-hybridized carbons (Fsp3) is 0.714. The zero-order chi connectivity index (χ0) is 13.4. The SMILES string of the molecule is NN=C(N)[C@@]1(O)C(=O)NC(O)[C@@H](O)[C@@H](O)[C@@H]1O. The Morgan fingerprint density at radius 2 is 1.82 bits per heavy atom. The average molecular weight is 250 g/mol. The molecular weight excluding hydrogens is 236 g/mol. The van der Waals surface area contributed by atoms with E-state index in [1.54, 1.807) is 5.32 Å². The molecule has 10 nitrogen and oxygen atoms in total. The predicted octanol–water partition coefficient (Wildman–Crippen LogP) is -5.52. The average Bonchev–Trinajstić information content (AvgIpc) is 2.36. The van der Waals surface area contributed by atoms with Crippen LogP contribution in [0, 0.1) is 0 Å². The van der Waals surface area contributed by atoms with Crippen molar-refractivity contribution in [1.82, 2.24) is 5.32 Å². The number of carbonyl (C=O) groups excluding carboxylic acids is 1. The molecule has 0 spiro atoms. The maximum absolute atomic E-state index is 11.5. The second-order valence-corrected chi connectivity index (χ2v) is 3.63. The van der Waals surface area contributed by atoms with Crippen molar-refractivity contribution in [3.8, 4) is 0 Å². The van der Waals surface area contributed by atoms with E-state index in [0.29, 0.717) is 0 Å².